The monoisotopic (exact) mass is 289 g/mol. The van der Waals surface area contributed by atoms with Gasteiger partial charge in [0.15, 0.2) is 0 Å². The van der Waals surface area contributed by atoms with E-state index >= 15 is 0 Å². The number of carbonyl (C=O) groups is 4. The van der Waals surface area contributed by atoms with E-state index in [-0.39, 0.29) is 11.1 Å². The summed E-state index contributed by atoms with van der Waals surface area (Å²) in [6, 6.07) is 6.11. The summed E-state index contributed by atoms with van der Waals surface area (Å²) in [5, 5.41) is 0. The predicted molar refractivity (Wildman–Crippen MR) is 69.1 cm³/mol. The van der Waals surface area contributed by atoms with Crippen molar-refractivity contribution in [3.8, 4) is 0 Å². The van der Waals surface area contributed by atoms with Crippen LogP contribution in [0.1, 0.15) is 20.7 Å². The van der Waals surface area contributed by atoms with E-state index in [1.807, 2.05) is 0 Å². The summed E-state index contributed by atoms with van der Waals surface area (Å²) in [5.41, 5.74) is -0.181. The number of imide groups is 1. The van der Waals surface area contributed by atoms with E-state index in [0.29, 0.717) is 4.90 Å². The largest absolute Gasteiger partial charge is 0.466 e. The van der Waals surface area contributed by atoms with Crippen LogP contribution in [0.3, 0.4) is 0 Å². The van der Waals surface area contributed by atoms with Gasteiger partial charge < -0.3 is 9.47 Å². The third-order valence-corrected chi connectivity index (χ3v) is 2.89. The molecule has 1 heterocycles. The first-order valence-corrected chi connectivity index (χ1v) is 5.87. The van der Waals surface area contributed by atoms with E-state index in [0.717, 1.165) is 20.3 Å². The summed E-state index contributed by atoms with van der Waals surface area (Å²) >= 11 is 0. The summed E-state index contributed by atoms with van der Waals surface area (Å²) < 4.78 is 8.91. The molecule has 7 heteroatoms. The molecule has 2 amide bonds. The van der Waals surface area contributed by atoms with Crippen molar-refractivity contribution in [2.24, 2.45) is 0 Å². The minimum absolute atomic E-state index is 0.155. The van der Waals surface area contributed by atoms with E-state index in [9.17, 15) is 19.2 Å². The summed E-state index contributed by atoms with van der Waals surface area (Å²) in [4.78, 5) is 48.2. The Bertz CT molecular complexity index is 641. The number of rotatable bonds is 3. The quantitative estimate of drug-likeness (QED) is 0.457. The Morgan fingerprint density at radius 2 is 1.52 bits per heavy atom. The molecule has 1 aromatic carbocycles. The zero-order valence-corrected chi connectivity index (χ0v) is 11.3. The molecule has 0 fully saturated rings. The lowest BCUT2D eigenvalue weighted by molar-refractivity contribution is -0.139. The number of esters is 2. The first kappa shape index (κ1) is 14.4. The Balaban J connectivity index is 2.51. The van der Waals surface area contributed by atoms with Crippen molar-refractivity contribution >= 4 is 23.8 Å². The van der Waals surface area contributed by atoms with E-state index in [2.05, 4.69) is 9.47 Å². The molecule has 0 atom stereocenters. The molecule has 0 spiro atoms. The highest BCUT2D eigenvalue weighted by Gasteiger charge is 2.40. The number of nitrogens with zero attached hydrogens (tertiary/aromatic N) is 1. The molecule has 0 aliphatic carbocycles. The van der Waals surface area contributed by atoms with Crippen LogP contribution in [0.25, 0.3) is 0 Å². The maximum atomic E-state index is 12.2. The topological polar surface area (TPSA) is 90.0 Å². The van der Waals surface area contributed by atoms with Crippen molar-refractivity contribution in [2.45, 2.75) is 0 Å². The van der Waals surface area contributed by atoms with Gasteiger partial charge >= 0.3 is 11.9 Å². The maximum absolute atomic E-state index is 12.2. The lowest BCUT2D eigenvalue weighted by Gasteiger charge is -2.15. The molecule has 0 saturated heterocycles. The summed E-state index contributed by atoms with van der Waals surface area (Å²) in [5.74, 6) is -3.27. The minimum Gasteiger partial charge on any atom is -0.466 e. The molecule has 1 aliphatic heterocycles. The van der Waals surface area contributed by atoms with Crippen molar-refractivity contribution < 1.29 is 28.7 Å². The van der Waals surface area contributed by atoms with E-state index in [4.69, 9.17) is 0 Å². The summed E-state index contributed by atoms with van der Waals surface area (Å²) in [6.45, 7) is 0. The first-order chi connectivity index (χ1) is 10.0. The number of amides is 2. The van der Waals surface area contributed by atoms with Crippen LogP contribution in [0, 0.1) is 0 Å². The highest BCUT2D eigenvalue weighted by atomic mass is 16.5. The van der Waals surface area contributed by atoms with Gasteiger partial charge in [0.05, 0.1) is 31.4 Å². The predicted octanol–water partition coefficient (Wildman–Crippen LogP) is 0.512. The molecule has 0 radical (unpaired) electrons. The third-order valence-electron chi connectivity index (χ3n) is 2.89. The second-order valence-corrected chi connectivity index (χ2v) is 4.04. The van der Waals surface area contributed by atoms with Crippen molar-refractivity contribution in [1.82, 2.24) is 4.90 Å². The van der Waals surface area contributed by atoms with Crippen LogP contribution in [-0.2, 0) is 19.1 Å². The lowest BCUT2D eigenvalue weighted by atomic mass is 10.1. The second kappa shape index (κ2) is 5.58. The SMILES string of the molecule is COC(=O)/C=C(/C(=O)OC)N1C(=O)c2ccccc2C1=O. The Kier molecular flexibility index (Phi) is 3.84. The molecule has 2 rings (SSSR count). The van der Waals surface area contributed by atoms with Crippen LogP contribution in [0.5, 0.6) is 0 Å². The summed E-state index contributed by atoms with van der Waals surface area (Å²) in [7, 11) is 2.18. The Morgan fingerprint density at radius 1 is 1.00 bits per heavy atom. The van der Waals surface area contributed by atoms with Crippen molar-refractivity contribution in [3.05, 3.63) is 47.2 Å². The van der Waals surface area contributed by atoms with Gasteiger partial charge in [-0.2, -0.15) is 0 Å². The highest BCUT2D eigenvalue weighted by Crippen LogP contribution is 2.26. The van der Waals surface area contributed by atoms with E-state index < -0.39 is 29.5 Å². The van der Waals surface area contributed by atoms with E-state index in [1.165, 1.54) is 12.1 Å². The number of ether oxygens (including phenoxy) is 2. The minimum atomic E-state index is -0.991. The third kappa shape index (κ3) is 2.40. The molecular weight excluding hydrogens is 278 g/mol. The molecule has 1 aliphatic rings. The Hall–Kier alpha value is -2.96. The number of hydrogen-bond donors (Lipinski definition) is 0. The molecule has 0 aromatic heterocycles. The lowest BCUT2D eigenvalue weighted by Crippen LogP contribution is -2.34. The van der Waals surface area contributed by atoms with Crippen molar-refractivity contribution in [1.29, 1.82) is 0 Å². The molecule has 7 nitrogen and oxygen atoms in total. The average Bonchev–Trinajstić information content (AvgIpc) is 2.76. The van der Waals surface area contributed by atoms with Crippen LogP contribution < -0.4 is 0 Å². The fraction of sp³-hybridized carbons (Fsp3) is 0.143. The maximum Gasteiger partial charge on any atom is 0.355 e. The van der Waals surface area contributed by atoms with Crippen LogP contribution in [0.4, 0.5) is 0 Å². The second-order valence-electron chi connectivity index (χ2n) is 4.04. The smallest absolute Gasteiger partial charge is 0.355 e. The van der Waals surface area contributed by atoms with Crippen LogP contribution in [0.15, 0.2) is 36.0 Å². The molecule has 0 bridgehead atoms. The van der Waals surface area contributed by atoms with Gasteiger partial charge in [-0.15, -0.1) is 0 Å². The molecule has 0 saturated carbocycles. The molecule has 21 heavy (non-hydrogen) atoms. The number of benzene rings is 1. The Morgan fingerprint density at radius 3 is 1.95 bits per heavy atom. The zero-order chi connectivity index (χ0) is 15.6. The van der Waals surface area contributed by atoms with Gasteiger partial charge in [0, 0.05) is 0 Å². The van der Waals surface area contributed by atoms with Gasteiger partial charge in [-0.05, 0) is 12.1 Å². The van der Waals surface area contributed by atoms with Gasteiger partial charge in [-0.25, -0.2) is 14.5 Å². The van der Waals surface area contributed by atoms with Crippen LogP contribution >= 0.6 is 0 Å². The molecular formula is C14H11NO6. The molecule has 108 valence electrons. The van der Waals surface area contributed by atoms with Crippen molar-refractivity contribution in [2.75, 3.05) is 14.2 Å². The number of carbonyl (C=O) groups excluding carboxylic acids is 4. The fourth-order valence-corrected chi connectivity index (χ4v) is 1.90. The van der Waals surface area contributed by atoms with Crippen LogP contribution in [0.2, 0.25) is 0 Å². The first-order valence-electron chi connectivity index (χ1n) is 5.87. The number of fused-ring (bicyclic) bond motifs is 1. The van der Waals surface area contributed by atoms with Gasteiger partial charge in [0.2, 0.25) is 0 Å². The standard InChI is InChI=1S/C14H11NO6/c1-20-11(16)7-10(14(19)21-2)15-12(17)8-5-3-4-6-9(8)13(15)18/h3-7H,1-2H3/b10-7-. The van der Waals surface area contributed by atoms with Crippen molar-refractivity contribution in [3.63, 3.8) is 0 Å². The fourth-order valence-electron chi connectivity index (χ4n) is 1.90. The van der Waals surface area contributed by atoms with Crippen LogP contribution in [-0.4, -0.2) is 42.9 Å². The molecule has 0 N–H and O–H groups in total. The normalized spacial score (nSPS) is 14.0. The number of hydrogen-bond acceptors (Lipinski definition) is 6. The highest BCUT2D eigenvalue weighted by molar-refractivity contribution is 6.25. The molecule has 1 aromatic rings. The zero-order valence-electron chi connectivity index (χ0n) is 11.3. The summed E-state index contributed by atoms with van der Waals surface area (Å²) in [6.07, 6.45) is 0.744. The van der Waals surface area contributed by atoms with E-state index in [1.54, 1.807) is 12.1 Å². The van der Waals surface area contributed by atoms with Gasteiger partial charge in [-0.1, -0.05) is 12.1 Å². The average molecular weight is 289 g/mol. The molecule has 0 unspecified atom stereocenters. The van der Waals surface area contributed by atoms with Gasteiger partial charge in [0.25, 0.3) is 11.8 Å². The number of methoxy groups -OCH3 is 2. The Labute approximate surface area is 119 Å². The van der Waals surface area contributed by atoms with Gasteiger partial charge in [-0.3, -0.25) is 9.59 Å². The van der Waals surface area contributed by atoms with Gasteiger partial charge in [0.1, 0.15) is 5.70 Å².